The smallest absolute Gasteiger partial charge is 0.119 e. The third-order valence-corrected chi connectivity index (χ3v) is 2.88. The second-order valence-electron chi connectivity index (χ2n) is 4.55. The van der Waals surface area contributed by atoms with Crippen molar-refractivity contribution in [2.45, 2.75) is 46.0 Å². The summed E-state index contributed by atoms with van der Waals surface area (Å²) >= 11 is 0. The van der Waals surface area contributed by atoms with Crippen LogP contribution in [0.5, 0.6) is 5.75 Å². The maximum Gasteiger partial charge on any atom is 0.119 e. The van der Waals surface area contributed by atoms with E-state index >= 15 is 0 Å². The SMILES string of the molecule is CCCC(C)CCCCOc1ccccc1. The molecule has 16 heavy (non-hydrogen) atoms. The van der Waals surface area contributed by atoms with Crippen LogP contribution in [0.2, 0.25) is 0 Å². The molecule has 0 bridgehead atoms. The molecule has 0 fully saturated rings. The van der Waals surface area contributed by atoms with Crippen LogP contribution in [-0.2, 0) is 0 Å². The lowest BCUT2D eigenvalue weighted by molar-refractivity contribution is 0.299. The van der Waals surface area contributed by atoms with Crippen molar-refractivity contribution in [3.63, 3.8) is 0 Å². The fraction of sp³-hybridized carbons (Fsp3) is 0.600. The van der Waals surface area contributed by atoms with E-state index in [0.29, 0.717) is 0 Å². The van der Waals surface area contributed by atoms with E-state index in [9.17, 15) is 0 Å². The first-order valence-corrected chi connectivity index (χ1v) is 6.50. The van der Waals surface area contributed by atoms with E-state index < -0.39 is 0 Å². The van der Waals surface area contributed by atoms with Crippen molar-refractivity contribution in [3.05, 3.63) is 30.3 Å². The van der Waals surface area contributed by atoms with Gasteiger partial charge in [0.2, 0.25) is 0 Å². The summed E-state index contributed by atoms with van der Waals surface area (Å²) < 4.78 is 5.65. The Morgan fingerprint density at radius 3 is 2.50 bits per heavy atom. The van der Waals surface area contributed by atoms with Crippen LogP contribution in [0.4, 0.5) is 0 Å². The Labute approximate surface area is 99.8 Å². The van der Waals surface area contributed by atoms with Gasteiger partial charge in [-0.15, -0.1) is 0 Å². The number of hydrogen-bond donors (Lipinski definition) is 0. The van der Waals surface area contributed by atoms with Gasteiger partial charge in [0.05, 0.1) is 6.61 Å². The fourth-order valence-corrected chi connectivity index (χ4v) is 1.94. The molecule has 0 aliphatic carbocycles. The number of rotatable bonds is 8. The lowest BCUT2D eigenvalue weighted by Gasteiger charge is -2.10. The first kappa shape index (κ1) is 13.1. The summed E-state index contributed by atoms with van der Waals surface area (Å²) in [5.74, 6) is 1.87. The molecule has 0 heterocycles. The van der Waals surface area contributed by atoms with Crippen molar-refractivity contribution in [2.75, 3.05) is 6.61 Å². The van der Waals surface area contributed by atoms with Crippen molar-refractivity contribution in [1.82, 2.24) is 0 Å². The van der Waals surface area contributed by atoms with Crippen molar-refractivity contribution >= 4 is 0 Å². The fourth-order valence-electron chi connectivity index (χ4n) is 1.94. The van der Waals surface area contributed by atoms with Gasteiger partial charge in [-0.25, -0.2) is 0 Å². The van der Waals surface area contributed by atoms with Crippen LogP contribution >= 0.6 is 0 Å². The van der Waals surface area contributed by atoms with Crippen molar-refractivity contribution in [3.8, 4) is 5.75 Å². The molecule has 90 valence electrons. The summed E-state index contributed by atoms with van der Waals surface area (Å²) in [5, 5.41) is 0. The first-order chi connectivity index (χ1) is 7.83. The Morgan fingerprint density at radius 2 is 1.81 bits per heavy atom. The normalized spacial score (nSPS) is 12.4. The van der Waals surface area contributed by atoms with Crippen LogP contribution in [0, 0.1) is 5.92 Å². The molecule has 1 rings (SSSR count). The molecule has 0 amide bonds. The molecule has 0 spiro atoms. The second kappa shape index (κ2) is 8.20. The van der Waals surface area contributed by atoms with Gasteiger partial charge < -0.3 is 4.74 Å². The standard InChI is InChI=1S/C15H24O/c1-3-9-14(2)10-7-8-13-16-15-11-5-4-6-12-15/h4-6,11-12,14H,3,7-10,13H2,1-2H3. The average molecular weight is 220 g/mol. The predicted molar refractivity (Wildman–Crippen MR) is 69.9 cm³/mol. The summed E-state index contributed by atoms with van der Waals surface area (Å²) in [6, 6.07) is 10.1. The number of benzene rings is 1. The minimum absolute atomic E-state index is 0.850. The van der Waals surface area contributed by atoms with E-state index in [4.69, 9.17) is 4.74 Å². The molecule has 1 heteroatoms. The van der Waals surface area contributed by atoms with Crippen LogP contribution in [0.3, 0.4) is 0 Å². The third-order valence-electron chi connectivity index (χ3n) is 2.88. The van der Waals surface area contributed by atoms with E-state index in [1.54, 1.807) is 0 Å². The highest BCUT2D eigenvalue weighted by Gasteiger charge is 2.00. The molecule has 1 aromatic rings. The number of unbranched alkanes of at least 4 members (excludes halogenated alkanes) is 1. The van der Waals surface area contributed by atoms with Gasteiger partial charge in [0.15, 0.2) is 0 Å². The van der Waals surface area contributed by atoms with Gasteiger partial charge in [-0.3, -0.25) is 0 Å². The van der Waals surface area contributed by atoms with Crippen LogP contribution in [0.1, 0.15) is 46.0 Å². The summed E-state index contributed by atoms with van der Waals surface area (Å²) in [5.41, 5.74) is 0. The van der Waals surface area contributed by atoms with Crippen LogP contribution < -0.4 is 4.74 Å². The molecule has 1 aromatic carbocycles. The zero-order valence-electron chi connectivity index (χ0n) is 10.6. The zero-order chi connectivity index (χ0) is 11.6. The van der Waals surface area contributed by atoms with Crippen molar-refractivity contribution in [1.29, 1.82) is 0 Å². The third kappa shape index (κ3) is 5.79. The predicted octanol–water partition coefficient (Wildman–Crippen LogP) is 4.67. The Kier molecular flexibility index (Phi) is 6.71. The van der Waals surface area contributed by atoms with E-state index in [0.717, 1.165) is 18.3 Å². The largest absolute Gasteiger partial charge is 0.494 e. The number of para-hydroxylation sites is 1. The van der Waals surface area contributed by atoms with Gasteiger partial charge in [-0.1, -0.05) is 51.3 Å². The van der Waals surface area contributed by atoms with Gasteiger partial charge in [-0.05, 0) is 30.9 Å². The van der Waals surface area contributed by atoms with Crippen LogP contribution in [0.25, 0.3) is 0 Å². The Morgan fingerprint density at radius 1 is 1.06 bits per heavy atom. The number of hydrogen-bond acceptors (Lipinski definition) is 1. The Hall–Kier alpha value is -0.980. The number of ether oxygens (including phenoxy) is 1. The summed E-state index contributed by atoms with van der Waals surface area (Å²) in [6.45, 7) is 5.46. The minimum atomic E-state index is 0.850. The summed E-state index contributed by atoms with van der Waals surface area (Å²) in [7, 11) is 0. The molecule has 1 atom stereocenters. The van der Waals surface area contributed by atoms with E-state index in [1.165, 1.54) is 32.1 Å². The van der Waals surface area contributed by atoms with Gasteiger partial charge >= 0.3 is 0 Å². The average Bonchev–Trinajstić information content (AvgIpc) is 2.30. The van der Waals surface area contributed by atoms with Crippen LogP contribution in [-0.4, -0.2) is 6.61 Å². The maximum atomic E-state index is 5.65. The lowest BCUT2D eigenvalue weighted by atomic mass is 9.99. The molecule has 0 aliphatic heterocycles. The lowest BCUT2D eigenvalue weighted by Crippen LogP contribution is -1.99. The topological polar surface area (TPSA) is 9.23 Å². The highest BCUT2D eigenvalue weighted by Crippen LogP contribution is 2.14. The van der Waals surface area contributed by atoms with Gasteiger partial charge in [0, 0.05) is 0 Å². The highest BCUT2D eigenvalue weighted by molar-refractivity contribution is 5.20. The van der Waals surface area contributed by atoms with Gasteiger partial charge in [0.1, 0.15) is 5.75 Å². The summed E-state index contributed by atoms with van der Waals surface area (Å²) in [4.78, 5) is 0. The van der Waals surface area contributed by atoms with E-state index in [2.05, 4.69) is 13.8 Å². The molecule has 0 saturated carbocycles. The second-order valence-corrected chi connectivity index (χ2v) is 4.55. The molecule has 0 N–H and O–H groups in total. The van der Waals surface area contributed by atoms with E-state index in [-0.39, 0.29) is 0 Å². The molecule has 0 aromatic heterocycles. The van der Waals surface area contributed by atoms with Crippen molar-refractivity contribution < 1.29 is 4.74 Å². The summed E-state index contributed by atoms with van der Waals surface area (Å²) in [6.07, 6.45) is 6.46. The molecule has 0 radical (unpaired) electrons. The van der Waals surface area contributed by atoms with E-state index in [1.807, 2.05) is 30.3 Å². The quantitative estimate of drug-likeness (QED) is 0.578. The zero-order valence-corrected chi connectivity index (χ0v) is 10.6. The van der Waals surface area contributed by atoms with Gasteiger partial charge in [0.25, 0.3) is 0 Å². The Balaban J connectivity index is 2.00. The molecule has 1 nitrogen and oxygen atoms in total. The molecular weight excluding hydrogens is 196 g/mol. The molecular formula is C15H24O. The van der Waals surface area contributed by atoms with Gasteiger partial charge in [-0.2, -0.15) is 0 Å². The molecule has 1 unspecified atom stereocenters. The monoisotopic (exact) mass is 220 g/mol. The maximum absolute atomic E-state index is 5.65. The van der Waals surface area contributed by atoms with Crippen LogP contribution in [0.15, 0.2) is 30.3 Å². The minimum Gasteiger partial charge on any atom is -0.494 e. The first-order valence-electron chi connectivity index (χ1n) is 6.50. The highest BCUT2D eigenvalue weighted by atomic mass is 16.5. The molecule has 0 saturated heterocycles. The Bertz CT molecular complexity index is 255. The van der Waals surface area contributed by atoms with Crippen molar-refractivity contribution in [2.24, 2.45) is 5.92 Å². The molecule has 0 aliphatic rings.